The molecule has 0 saturated heterocycles. The van der Waals surface area contributed by atoms with Gasteiger partial charge in [-0.1, -0.05) is 64.9 Å². The van der Waals surface area contributed by atoms with Gasteiger partial charge >= 0.3 is 0 Å². The van der Waals surface area contributed by atoms with Crippen LogP contribution in [0.2, 0.25) is 10.0 Å². The summed E-state index contributed by atoms with van der Waals surface area (Å²) >= 11 is 13.9. The monoisotopic (exact) mass is 548 g/mol. The predicted octanol–water partition coefficient (Wildman–Crippen LogP) is 5.64. The molecule has 0 amide bonds. The highest BCUT2D eigenvalue weighted by Gasteiger charge is 2.34. The molecule has 1 atom stereocenters. The lowest BCUT2D eigenvalue weighted by molar-refractivity contribution is 0.392. The van der Waals surface area contributed by atoms with Crippen LogP contribution in [-0.2, 0) is 6.42 Å². The van der Waals surface area contributed by atoms with E-state index in [2.05, 4.69) is 18.2 Å². The molecule has 0 bridgehead atoms. The molecular weight excluding hydrogens is 527 g/mol. The summed E-state index contributed by atoms with van der Waals surface area (Å²) in [7, 11) is 3.28. The van der Waals surface area contributed by atoms with Crippen molar-refractivity contribution in [3.63, 3.8) is 0 Å². The van der Waals surface area contributed by atoms with Crippen molar-refractivity contribution in [3.05, 3.63) is 118 Å². The predicted molar refractivity (Wildman–Crippen MR) is 149 cm³/mol. The number of aryl methyl sites for hydroxylation is 1. The van der Waals surface area contributed by atoms with Crippen molar-refractivity contribution in [2.45, 2.75) is 18.9 Å². The second-order valence-corrected chi connectivity index (χ2v) is 10.7. The standard InChI is InChI=1S/C29H22Cl2N2O3S/c1-35-19-10-12-24(36-2)22(15-19)27-21-11-8-16-5-3-4-6-20(16)26(21)32-29-33(27)28(34)25(37-29)13-17-7-9-18(30)14-23(17)31/h3-7,9-10,12-15,27H,8,11H2,1-2H3. The fourth-order valence-electron chi connectivity index (χ4n) is 5.11. The maximum absolute atomic E-state index is 14.0. The highest BCUT2D eigenvalue weighted by Crippen LogP contribution is 2.44. The van der Waals surface area contributed by atoms with Crippen molar-refractivity contribution in [1.29, 1.82) is 0 Å². The first-order valence-corrected chi connectivity index (χ1v) is 13.4. The molecule has 0 fully saturated rings. The van der Waals surface area contributed by atoms with Gasteiger partial charge in [0.25, 0.3) is 5.56 Å². The molecule has 8 heteroatoms. The summed E-state index contributed by atoms with van der Waals surface area (Å²) in [6.07, 6.45) is 3.46. The zero-order valence-corrected chi connectivity index (χ0v) is 22.5. The number of fused-ring (bicyclic) bond motifs is 3. The van der Waals surface area contributed by atoms with Crippen LogP contribution in [0.5, 0.6) is 11.5 Å². The minimum Gasteiger partial charge on any atom is -0.497 e. The van der Waals surface area contributed by atoms with Crippen molar-refractivity contribution in [2.24, 2.45) is 4.99 Å². The lowest BCUT2D eigenvalue weighted by Gasteiger charge is -2.31. The number of thiazole rings is 1. The van der Waals surface area contributed by atoms with Gasteiger partial charge in [0.15, 0.2) is 4.80 Å². The number of methoxy groups -OCH3 is 2. The van der Waals surface area contributed by atoms with E-state index >= 15 is 0 Å². The first-order valence-electron chi connectivity index (χ1n) is 11.8. The van der Waals surface area contributed by atoms with E-state index in [1.165, 1.54) is 16.9 Å². The number of hydrogen-bond acceptors (Lipinski definition) is 5. The summed E-state index contributed by atoms with van der Waals surface area (Å²) in [5.41, 5.74) is 5.84. The van der Waals surface area contributed by atoms with Gasteiger partial charge in [-0.25, -0.2) is 4.99 Å². The van der Waals surface area contributed by atoms with E-state index < -0.39 is 0 Å². The Kier molecular flexibility index (Phi) is 6.19. The van der Waals surface area contributed by atoms with Crippen molar-refractivity contribution < 1.29 is 9.47 Å². The molecular formula is C29H22Cl2N2O3S. The average molecular weight is 549 g/mol. The number of ether oxygens (including phenoxy) is 2. The number of rotatable bonds is 4. The molecule has 5 nitrogen and oxygen atoms in total. The summed E-state index contributed by atoms with van der Waals surface area (Å²) in [6.45, 7) is 0. The largest absolute Gasteiger partial charge is 0.497 e. The first kappa shape index (κ1) is 24.0. The Morgan fingerprint density at radius 1 is 1.03 bits per heavy atom. The Bertz CT molecular complexity index is 1770. The van der Waals surface area contributed by atoms with Gasteiger partial charge in [-0.3, -0.25) is 9.36 Å². The molecule has 2 aliphatic rings. The zero-order valence-electron chi connectivity index (χ0n) is 20.1. The number of aromatic nitrogens is 1. The van der Waals surface area contributed by atoms with Crippen LogP contribution in [0.4, 0.5) is 0 Å². The van der Waals surface area contributed by atoms with Crippen LogP contribution in [0, 0.1) is 0 Å². The van der Waals surface area contributed by atoms with Crippen molar-refractivity contribution in [2.75, 3.05) is 14.2 Å². The van der Waals surface area contributed by atoms with Crippen LogP contribution in [0.15, 0.2) is 76.0 Å². The topological polar surface area (TPSA) is 52.8 Å². The van der Waals surface area contributed by atoms with E-state index in [1.807, 2.05) is 30.3 Å². The smallest absolute Gasteiger partial charge is 0.271 e. The van der Waals surface area contributed by atoms with Crippen LogP contribution in [0.1, 0.15) is 34.7 Å². The molecule has 3 aromatic carbocycles. The molecule has 6 rings (SSSR count). The maximum atomic E-state index is 14.0. The van der Waals surface area contributed by atoms with Crippen LogP contribution in [-0.4, -0.2) is 18.8 Å². The van der Waals surface area contributed by atoms with Crippen molar-refractivity contribution in [3.8, 4) is 11.5 Å². The van der Waals surface area contributed by atoms with E-state index in [9.17, 15) is 4.79 Å². The molecule has 1 aromatic heterocycles. The number of benzene rings is 3. The molecule has 2 heterocycles. The Labute approximate surface area is 227 Å². The average Bonchev–Trinajstić information content (AvgIpc) is 3.23. The summed E-state index contributed by atoms with van der Waals surface area (Å²) in [5, 5.41) is 1.03. The summed E-state index contributed by atoms with van der Waals surface area (Å²) < 4.78 is 13.7. The Hall–Kier alpha value is -3.32. The van der Waals surface area contributed by atoms with Gasteiger partial charge in [-0.2, -0.15) is 0 Å². The van der Waals surface area contributed by atoms with Gasteiger partial charge < -0.3 is 9.47 Å². The SMILES string of the molecule is COc1ccc(OC)c(C2C3=C(N=c4sc(=Cc5ccc(Cl)cc5Cl)c(=O)n42)c2ccccc2CC3)c1. The third-order valence-electron chi connectivity index (χ3n) is 6.85. The highest BCUT2D eigenvalue weighted by molar-refractivity contribution is 7.07. The lowest BCUT2D eigenvalue weighted by Crippen LogP contribution is -2.39. The van der Waals surface area contributed by atoms with Gasteiger partial charge in [-0.15, -0.1) is 0 Å². The molecule has 4 aromatic rings. The summed E-state index contributed by atoms with van der Waals surface area (Å²) in [4.78, 5) is 19.7. The van der Waals surface area contributed by atoms with E-state index in [1.54, 1.807) is 37.0 Å². The van der Waals surface area contributed by atoms with Gasteiger partial charge in [0.05, 0.1) is 30.5 Å². The second-order valence-electron chi connectivity index (χ2n) is 8.89. The Morgan fingerprint density at radius 2 is 1.86 bits per heavy atom. The minimum absolute atomic E-state index is 0.130. The van der Waals surface area contributed by atoms with Crippen LogP contribution in [0.3, 0.4) is 0 Å². The number of hydrogen-bond donors (Lipinski definition) is 0. The van der Waals surface area contributed by atoms with Crippen LogP contribution in [0.25, 0.3) is 11.8 Å². The third kappa shape index (κ3) is 4.09. The Balaban J connectivity index is 1.66. The minimum atomic E-state index is -0.382. The first-order chi connectivity index (χ1) is 18.0. The quantitative estimate of drug-likeness (QED) is 0.331. The van der Waals surface area contributed by atoms with Gasteiger partial charge in [0.1, 0.15) is 11.5 Å². The highest BCUT2D eigenvalue weighted by atomic mass is 35.5. The molecule has 1 aliphatic carbocycles. The summed E-state index contributed by atoms with van der Waals surface area (Å²) in [5.74, 6) is 1.38. The molecule has 0 saturated carbocycles. The summed E-state index contributed by atoms with van der Waals surface area (Å²) in [6, 6.07) is 18.9. The van der Waals surface area contributed by atoms with Gasteiger partial charge in [-0.05, 0) is 65.9 Å². The molecule has 0 radical (unpaired) electrons. The van der Waals surface area contributed by atoms with E-state index in [0.717, 1.165) is 40.8 Å². The number of allylic oxidation sites excluding steroid dienone is 1. The van der Waals surface area contributed by atoms with Crippen LogP contribution < -0.4 is 24.4 Å². The molecule has 1 aliphatic heterocycles. The van der Waals surface area contributed by atoms with Crippen molar-refractivity contribution in [1.82, 2.24) is 4.57 Å². The number of halogens is 2. The van der Waals surface area contributed by atoms with Gasteiger partial charge in [0.2, 0.25) is 0 Å². The molecule has 1 unspecified atom stereocenters. The van der Waals surface area contributed by atoms with Crippen LogP contribution >= 0.6 is 34.5 Å². The lowest BCUT2D eigenvalue weighted by atomic mass is 9.83. The van der Waals surface area contributed by atoms with E-state index in [4.69, 9.17) is 37.7 Å². The van der Waals surface area contributed by atoms with E-state index in [-0.39, 0.29) is 11.6 Å². The Morgan fingerprint density at radius 3 is 2.65 bits per heavy atom. The maximum Gasteiger partial charge on any atom is 0.271 e. The molecule has 0 spiro atoms. The fourth-order valence-corrected chi connectivity index (χ4v) is 6.57. The van der Waals surface area contributed by atoms with Crippen molar-refractivity contribution >= 4 is 46.3 Å². The van der Waals surface area contributed by atoms with E-state index in [0.29, 0.717) is 30.9 Å². The van der Waals surface area contributed by atoms with Gasteiger partial charge in [0, 0.05) is 21.2 Å². The normalized spacial score (nSPS) is 16.5. The molecule has 186 valence electrons. The molecule has 0 N–H and O–H groups in total. The second kappa shape index (κ2) is 9.53. The number of nitrogens with zero attached hydrogens (tertiary/aromatic N) is 2. The zero-order chi connectivity index (χ0) is 25.7. The third-order valence-corrected chi connectivity index (χ3v) is 8.40. The molecule has 37 heavy (non-hydrogen) atoms. The fraction of sp³-hybridized carbons (Fsp3) is 0.172.